The number of alkyl carbamates (subject to hydrolysis) is 1. The molecule has 0 aliphatic rings. The van der Waals surface area contributed by atoms with Crippen LogP contribution in [0.15, 0.2) is 24.4 Å². The standard InChI is InChI=1S/C18H20N2O3/c1-18(2,3)23-17(22)19-10-5-4-7-13-8-6-9-15-16(13)14(12-21)11-20-15/h6,8-9,11-12,20H,5,10H2,1-3H3,(H,19,22). The highest BCUT2D eigenvalue weighted by atomic mass is 16.6. The van der Waals surface area contributed by atoms with E-state index in [2.05, 4.69) is 22.1 Å². The molecule has 0 aliphatic heterocycles. The molecule has 0 fully saturated rings. The largest absolute Gasteiger partial charge is 0.444 e. The van der Waals surface area contributed by atoms with Gasteiger partial charge in [-0.1, -0.05) is 17.9 Å². The number of benzene rings is 1. The fraction of sp³-hybridized carbons (Fsp3) is 0.333. The molecule has 1 aromatic carbocycles. The second-order valence-corrected chi connectivity index (χ2v) is 6.07. The third kappa shape index (κ3) is 4.62. The molecule has 0 atom stereocenters. The summed E-state index contributed by atoms with van der Waals surface area (Å²) in [5.41, 5.74) is 1.76. The summed E-state index contributed by atoms with van der Waals surface area (Å²) in [4.78, 5) is 25.6. The van der Waals surface area contributed by atoms with E-state index in [1.54, 1.807) is 6.20 Å². The molecule has 0 saturated carbocycles. The molecule has 23 heavy (non-hydrogen) atoms. The van der Waals surface area contributed by atoms with Crippen LogP contribution in [0.25, 0.3) is 10.9 Å². The van der Waals surface area contributed by atoms with Gasteiger partial charge in [-0.3, -0.25) is 4.79 Å². The lowest BCUT2D eigenvalue weighted by atomic mass is 10.1. The van der Waals surface area contributed by atoms with Crippen LogP contribution >= 0.6 is 0 Å². The SMILES string of the molecule is CC(C)(C)OC(=O)NCCC#Cc1cccc2[nH]cc(C=O)c12. The van der Waals surface area contributed by atoms with Crippen LogP contribution in [0.2, 0.25) is 0 Å². The maximum atomic E-state index is 11.5. The first-order valence-electron chi connectivity index (χ1n) is 7.42. The number of rotatable bonds is 3. The highest BCUT2D eigenvalue weighted by Crippen LogP contribution is 2.20. The predicted molar refractivity (Wildman–Crippen MR) is 89.4 cm³/mol. The van der Waals surface area contributed by atoms with E-state index < -0.39 is 11.7 Å². The van der Waals surface area contributed by atoms with E-state index in [4.69, 9.17) is 4.74 Å². The number of fused-ring (bicyclic) bond motifs is 1. The summed E-state index contributed by atoms with van der Waals surface area (Å²) in [6.45, 7) is 5.85. The van der Waals surface area contributed by atoms with Crippen LogP contribution in [0.4, 0.5) is 4.79 Å². The molecule has 1 aromatic heterocycles. The van der Waals surface area contributed by atoms with Crippen LogP contribution in [0.3, 0.4) is 0 Å². The minimum absolute atomic E-state index is 0.408. The van der Waals surface area contributed by atoms with Gasteiger partial charge in [0.1, 0.15) is 5.60 Å². The topological polar surface area (TPSA) is 71.2 Å². The Morgan fingerprint density at radius 3 is 2.87 bits per heavy atom. The summed E-state index contributed by atoms with van der Waals surface area (Å²) in [6.07, 6.45) is 2.53. The molecule has 0 unspecified atom stereocenters. The summed E-state index contributed by atoms with van der Waals surface area (Å²) in [5, 5.41) is 3.48. The zero-order valence-electron chi connectivity index (χ0n) is 13.5. The minimum Gasteiger partial charge on any atom is -0.444 e. The molecule has 0 spiro atoms. The van der Waals surface area contributed by atoms with Crippen molar-refractivity contribution < 1.29 is 14.3 Å². The molecular weight excluding hydrogens is 292 g/mol. The number of hydrogen-bond donors (Lipinski definition) is 2. The van der Waals surface area contributed by atoms with Crippen molar-refractivity contribution in [1.29, 1.82) is 0 Å². The van der Waals surface area contributed by atoms with Gasteiger partial charge >= 0.3 is 6.09 Å². The summed E-state index contributed by atoms with van der Waals surface area (Å²) in [6, 6.07) is 5.66. The van der Waals surface area contributed by atoms with Crippen molar-refractivity contribution in [3.05, 3.63) is 35.5 Å². The van der Waals surface area contributed by atoms with Gasteiger partial charge in [0.2, 0.25) is 0 Å². The molecule has 2 N–H and O–H groups in total. The number of aromatic nitrogens is 1. The van der Waals surface area contributed by atoms with E-state index in [1.165, 1.54) is 0 Å². The number of aldehydes is 1. The first-order chi connectivity index (χ1) is 10.9. The Labute approximate surface area is 135 Å². The Bertz CT molecular complexity index is 773. The quantitative estimate of drug-likeness (QED) is 0.519. The zero-order chi connectivity index (χ0) is 16.9. The maximum Gasteiger partial charge on any atom is 0.407 e. The van der Waals surface area contributed by atoms with E-state index in [0.717, 1.165) is 22.8 Å². The summed E-state index contributed by atoms with van der Waals surface area (Å²) >= 11 is 0. The van der Waals surface area contributed by atoms with E-state index in [-0.39, 0.29) is 0 Å². The number of nitrogens with one attached hydrogen (secondary N) is 2. The lowest BCUT2D eigenvalue weighted by Crippen LogP contribution is -2.32. The summed E-state index contributed by atoms with van der Waals surface area (Å²) in [7, 11) is 0. The predicted octanol–water partition coefficient (Wildman–Crippen LogP) is 3.25. The summed E-state index contributed by atoms with van der Waals surface area (Å²) in [5.74, 6) is 6.05. The molecule has 0 aliphatic carbocycles. The van der Waals surface area contributed by atoms with Crippen molar-refractivity contribution in [3.8, 4) is 11.8 Å². The molecule has 1 amide bonds. The first kappa shape index (κ1) is 16.6. The van der Waals surface area contributed by atoms with Gasteiger partial charge in [0.25, 0.3) is 0 Å². The molecule has 5 heteroatoms. The average Bonchev–Trinajstić information content (AvgIpc) is 2.89. The molecule has 120 valence electrons. The number of carbonyl (C=O) groups is 2. The van der Waals surface area contributed by atoms with E-state index in [9.17, 15) is 9.59 Å². The van der Waals surface area contributed by atoms with Gasteiger partial charge in [-0.2, -0.15) is 0 Å². The Morgan fingerprint density at radius 2 is 2.17 bits per heavy atom. The van der Waals surface area contributed by atoms with Crippen LogP contribution in [0, 0.1) is 11.8 Å². The lowest BCUT2D eigenvalue weighted by Gasteiger charge is -2.19. The summed E-state index contributed by atoms with van der Waals surface area (Å²) < 4.78 is 5.14. The van der Waals surface area contributed by atoms with Gasteiger partial charge in [-0.25, -0.2) is 4.79 Å². The number of hydrogen-bond acceptors (Lipinski definition) is 3. The fourth-order valence-electron chi connectivity index (χ4n) is 2.11. The average molecular weight is 312 g/mol. The van der Waals surface area contributed by atoms with Crippen molar-refractivity contribution in [1.82, 2.24) is 10.3 Å². The Kier molecular flexibility index (Phi) is 5.07. The smallest absolute Gasteiger partial charge is 0.407 e. The third-order valence-electron chi connectivity index (χ3n) is 3.00. The Hall–Kier alpha value is -2.74. The molecule has 0 saturated heterocycles. The molecular formula is C18H20N2O3. The van der Waals surface area contributed by atoms with Gasteiger partial charge in [0.15, 0.2) is 6.29 Å². The van der Waals surface area contributed by atoms with Crippen molar-refractivity contribution in [2.24, 2.45) is 0 Å². The monoisotopic (exact) mass is 312 g/mol. The fourth-order valence-corrected chi connectivity index (χ4v) is 2.11. The van der Waals surface area contributed by atoms with E-state index >= 15 is 0 Å². The van der Waals surface area contributed by atoms with Gasteiger partial charge in [-0.15, -0.1) is 0 Å². The van der Waals surface area contributed by atoms with Crippen LogP contribution in [0.5, 0.6) is 0 Å². The highest BCUT2D eigenvalue weighted by Gasteiger charge is 2.15. The molecule has 1 heterocycles. The first-order valence-corrected chi connectivity index (χ1v) is 7.42. The Morgan fingerprint density at radius 1 is 1.39 bits per heavy atom. The maximum absolute atomic E-state index is 11.5. The Balaban J connectivity index is 1.97. The van der Waals surface area contributed by atoms with Crippen LogP contribution in [-0.2, 0) is 4.74 Å². The second kappa shape index (κ2) is 7.01. The van der Waals surface area contributed by atoms with Gasteiger partial charge < -0.3 is 15.0 Å². The third-order valence-corrected chi connectivity index (χ3v) is 3.00. The van der Waals surface area contributed by atoms with Gasteiger partial charge in [-0.05, 0) is 32.9 Å². The molecule has 5 nitrogen and oxygen atoms in total. The zero-order valence-corrected chi connectivity index (χ0v) is 13.5. The van der Waals surface area contributed by atoms with Crippen molar-refractivity contribution in [2.75, 3.05) is 6.54 Å². The van der Waals surface area contributed by atoms with E-state index in [0.29, 0.717) is 18.5 Å². The molecule has 0 bridgehead atoms. The van der Waals surface area contributed by atoms with E-state index in [1.807, 2.05) is 39.0 Å². The molecule has 0 radical (unpaired) electrons. The number of amides is 1. The minimum atomic E-state index is -0.509. The highest BCUT2D eigenvalue weighted by molar-refractivity contribution is 6.00. The van der Waals surface area contributed by atoms with Gasteiger partial charge in [0, 0.05) is 41.2 Å². The van der Waals surface area contributed by atoms with Gasteiger partial charge in [0.05, 0.1) is 0 Å². The van der Waals surface area contributed by atoms with Crippen LogP contribution in [0.1, 0.15) is 43.1 Å². The van der Waals surface area contributed by atoms with Crippen LogP contribution in [-0.4, -0.2) is 29.5 Å². The van der Waals surface area contributed by atoms with Crippen LogP contribution < -0.4 is 5.32 Å². The van der Waals surface area contributed by atoms with Crippen molar-refractivity contribution in [2.45, 2.75) is 32.8 Å². The number of aromatic amines is 1. The number of carbonyl (C=O) groups excluding carboxylic acids is 2. The lowest BCUT2D eigenvalue weighted by molar-refractivity contribution is 0.0529. The van der Waals surface area contributed by atoms with Crippen molar-refractivity contribution in [3.63, 3.8) is 0 Å². The number of ether oxygens (including phenoxy) is 1. The van der Waals surface area contributed by atoms with Crippen molar-refractivity contribution >= 4 is 23.3 Å². The second-order valence-electron chi connectivity index (χ2n) is 6.07. The molecule has 2 aromatic rings. The molecule has 2 rings (SSSR count). The number of H-pyrrole nitrogens is 1. The normalized spacial score (nSPS) is 10.7.